The smallest absolute Gasteiger partial charge is 0.120 e. The molecule has 1 atom stereocenters. The summed E-state index contributed by atoms with van der Waals surface area (Å²) < 4.78 is -2.84. The number of halogens is 5. The fraction of sp³-hybridized carbons (Fsp3) is 0.538. The van der Waals surface area contributed by atoms with E-state index in [1.807, 2.05) is 30.3 Å². The van der Waals surface area contributed by atoms with E-state index in [2.05, 4.69) is 6.92 Å². The van der Waals surface area contributed by atoms with Crippen LogP contribution in [-0.2, 0) is 0 Å². The molecule has 0 bridgehead atoms. The van der Waals surface area contributed by atoms with Crippen molar-refractivity contribution in [2.45, 2.75) is 44.5 Å². The topological polar surface area (TPSA) is 0 Å². The van der Waals surface area contributed by atoms with E-state index in [0.29, 0.717) is 6.42 Å². The van der Waals surface area contributed by atoms with Gasteiger partial charge in [-0.05, 0) is 29.3 Å². The molecule has 1 aromatic rings. The Labute approximate surface area is 153 Å². The van der Waals surface area contributed by atoms with Crippen LogP contribution in [0.3, 0.4) is 0 Å². The third-order valence-corrected chi connectivity index (χ3v) is 9.32. The van der Waals surface area contributed by atoms with Gasteiger partial charge in [-0.3, -0.25) is 0 Å². The summed E-state index contributed by atoms with van der Waals surface area (Å²) in [6.07, 6.45) is 2.61. The Hall–Kier alpha value is 1.37. The van der Waals surface area contributed by atoms with Gasteiger partial charge in [-0.1, -0.05) is 95.2 Å². The third-order valence-electron chi connectivity index (χ3n) is 2.58. The first-order chi connectivity index (χ1) is 9.31. The standard InChI is InChI=1S/C13H15Cl5S2/c1-2-3-9-11(14)12(15,16)13(17,18)20-19-10-7-5-4-6-8-10/h4-8,11H,2-3,9H2,1H3. The fourth-order valence-electron chi connectivity index (χ4n) is 1.38. The zero-order valence-electron chi connectivity index (χ0n) is 10.8. The second-order valence-electron chi connectivity index (χ2n) is 4.23. The Kier molecular flexibility index (Phi) is 8.60. The first-order valence-electron chi connectivity index (χ1n) is 6.11. The molecule has 0 amide bonds. The molecule has 0 saturated heterocycles. The minimum atomic E-state index is -1.43. The SMILES string of the molecule is CCCCC(Cl)C(Cl)(Cl)C(Cl)(Cl)SSc1ccccc1. The summed E-state index contributed by atoms with van der Waals surface area (Å²) in [4.78, 5) is 1.02. The number of hydrogen-bond donors (Lipinski definition) is 0. The maximum atomic E-state index is 6.32. The lowest BCUT2D eigenvalue weighted by atomic mass is 10.1. The quantitative estimate of drug-likeness (QED) is 0.320. The van der Waals surface area contributed by atoms with Crippen molar-refractivity contribution in [3.63, 3.8) is 0 Å². The van der Waals surface area contributed by atoms with Crippen LogP contribution in [0.5, 0.6) is 0 Å². The molecule has 0 heterocycles. The van der Waals surface area contributed by atoms with Crippen LogP contribution in [0.2, 0.25) is 0 Å². The van der Waals surface area contributed by atoms with Gasteiger partial charge in [0.05, 0.1) is 5.38 Å². The molecule has 1 rings (SSSR count). The predicted molar refractivity (Wildman–Crippen MR) is 97.9 cm³/mol. The molecule has 0 spiro atoms. The molecule has 7 heteroatoms. The highest BCUT2D eigenvalue weighted by Gasteiger charge is 2.52. The lowest BCUT2D eigenvalue weighted by Gasteiger charge is -2.35. The van der Waals surface area contributed by atoms with Crippen LogP contribution in [-0.4, -0.2) is 13.4 Å². The first-order valence-corrected chi connectivity index (χ1v) is 10.2. The minimum absolute atomic E-state index is 0.510. The van der Waals surface area contributed by atoms with Crippen molar-refractivity contribution in [2.75, 3.05) is 0 Å². The van der Waals surface area contributed by atoms with Gasteiger partial charge in [-0.25, -0.2) is 0 Å². The molecule has 20 heavy (non-hydrogen) atoms. The Bertz CT molecular complexity index is 397. The monoisotopic (exact) mass is 410 g/mol. The second kappa shape index (κ2) is 8.86. The van der Waals surface area contributed by atoms with Gasteiger partial charge in [-0.15, -0.1) is 11.6 Å². The minimum Gasteiger partial charge on any atom is -0.120 e. The van der Waals surface area contributed by atoms with Crippen LogP contribution in [0.1, 0.15) is 26.2 Å². The average Bonchev–Trinajstić information content (AvgIpc) is 2.43. The Balaban J connectivity index is 2.65. The van der Waals surface area contributed by atoms with Crippen LogP contribution < -0.4 is 0 Å². The van der Waals surface area contributed by atoms with Crippen LogP contribution >= 0.6 is 79.6 Å². The van der Waals surface area contributed by atoms with Crippen molar-refractivity contribution in [3.05, 3.63) is 30.3 Å². The van der Waals surface area contributed by atoms with Gasteiger partial charge in [0.2, 0.25) is 3.67 Å². The highest BCUT2D eigenvalue weighted by atomic mass is 35.5. The zero-order chi connectivity index (χ0) is 15.2. The van der Waals surface area contributed by atoms with E-state index in [4.69, 9.17) is 58.0 Å². The Morgan fingerprint density at radius 2 is 1.70 bits per heavy atom. The molecule has 0 aromatic heterocycles. The summed E-state index contributed by atoms with van der Waals surface area (Å²) in [6.45, 7) is 2.07. The van der Waals surface area contributed by atoms with Gasteiger partial charge >= 0.3 is 0 Å². The van der Waals surface area contributed by atoms with Gasteiger partial charge < -0.3 is 0 Å². The molecule has 0 aliphatic heterocycles. The number of benzene rings is 1. The highest BCUT2D eigenvalue weighted by Crippen LogP contribution is 2.58. The van der Waals surface area contributed by atoms with E-state index < -0.39 is 13.4 Å². The molecule has 1 aromatic carbocycles. The van der Waals surface area contributed by atoms with E-state index in [9.17, 15) is 0 Å². The van der Waals surface area contributed by atoms with Gasteiger partial charge in [-0.2, -0.15) is 0 Å². The molecule has 114 valence electrons. The summed E-state index contributed by atoms with van der Waals surface area (Å²) in [5, 5.41) is -0.510. The number of rotatable bonds is 8. The maximum absolute atomic E-state index is 6.32. The van der Waals surface area contributed by atoms with Crippen molar-refractivity contribution in [3.8, 4) is 0 Å². The lowest BCUT2D eigenvalue weighted by molar-refractivity contribution is 0.625. The molecule has 0 fully saturated rings. The molecule has 1 unspecified atom stereocenters. The van der Waals surface area contributed by atoms with Gasteiger partial charge in [0.1, 0.15) is 0 Å². The summed E-state index contributed by atoms with van der Waals surface area (Å²) in [6, 6.07) is 9.73. The molecule has 0 nitrogen and oxygen atoms in total. The number of unbranched alkanes of at least 4 members (excludes halogenated alkanes) is 1. The van der Waals surface area contributed by atoms with E-state index >= 15 is 0 Å². The van der Waals surface area contributed by atoms with Crippen LogP contribution in [0.15, 0.2) is 35.2 Å². The maximum Gasteiger partial charge on any atom is 0.207 e. The first kappa shape index (κ1) is 19.4. The summed E-state index contributed by atoms with van der Waals surface area (Å²) in [5.74, 6) is 0. The van der Waals surface area contributed by atoms with Crippen molar-refractivity contribution in [2.24, 2.45) is 0 Å². The average molecular weight is 413 g/mol. The molecular weight excluding hydrogens is 398 g/mol. The largest absolute Gasteiger partial charge is 0.207 e. The summed E-state index contributed by atoms with van der Waals surface area (Å²) in [7, 11) is 2.62. The van der Waals surface area contributed by atoms with Crippen LogP contribution in [0, 0.1) is 0 Å². The van der Waals surface area contributed by atoms with E-state index in [1.165, 1.54) is 21.6 Å². The van der Waals surface area contributed by atoms with Gasteiger partial charge in [0.25, 0.3) is 0 Å². The van der Waals surface area contributed by atoms with Crippen molar-refractivity contribution < 1.29 is 0 Å². The molecule has 0 saturated carbocycles. The molecule has 0 radical (unpaired) electrons. The Morgan fingerprint density at radius 3 is 2.25 bits per heavy atom. The third kappa shape index (κ3) is 5.53. The van der Waals surface area contributed by atoms with E-state index in [0.717, 1.165) is 17.7 Å². The molecule has 0 N–H and O–H groups in total. The van der Waals surface area contributed by atoms with E-state index in [1.54, 1.807) is 0 Å². The summed E-state index contributed by atoms with van der Waals surface area (Å²) in [5.41, 5.74) is 0. The van der Waals surface area contributed by atoms with E-state index in [-0.39, 0.29) is 0 Å². The normalized spacial score (nSPS) is 14.3. The molecule has 0 aliphatic carbocycles. The summed E-state index contributed by atoms with van der Waals surface area (Å²) >= 11 is 31.5. The second-order valence-corrected chi connectivity index (χ2v) is 10.3. The molecule has 0 aliphatic rings. The van der Waals surface area contributed by atoms with Crippen molar-refractivity contribution in [1.29, 1.82) is 0 Å². The van der Waals surface area contributed by atoms with Gasteiger partial charge in [0.15, 0.2) is 4.33 Å². The van der Waals surface area contributed by atoms with Crippen LogP contribution in [0.4, 0.5) is 0 Å². The van der Waals surface area contributed by atoms with Crippen LogP contribution in [0.25, 0.3) is 0 Å². The highest BCUT2D eigenvalue weighted by molar-refractivity contribution is 8.77. The zero-order valence-corrected chi connectivity index (χ0v) is 16.2. The van der Waals surface area contributed by atoms with Crippen molar-refractivity contribution in [1.82, 2.24) is 0 Å². The lowest BCUT2D eigenvalue weighted by Crippen LogP contribution is -2.41. The number of alkyl halides is 5. The fourth-order valence-corrected chi connectivity index (χ4v) is 5.48. The van der Waals surface area contributed by atoms with Crippen molar-refractivity contribution >= 4 is 79.6 Å². The Morgan fingerprint density at radius 1 is 1.10 bits per heavy atom. The van der Waals surface area contributed by atoms with Gasteiger partial charge in [0, 0.05) is 4.90 Å². The number of hydrogen-bond acceptors (Lipinski definition) is 2. The predicted octanol–water partition coefficient (Wildman–Crippen LogP) is 7.53. The molecular formula is C13H15Cl5S2.